The molecule has 3 rings (SSSR count). The number of sulfone groups is 1. The monoisotopic (exact) mass is 389 g/mol. The Labute approximate surface area is 159 Å². The zero-order valence-electron chi connectivity index (χ0n) is 16.4. The van der Waals surface area contributed by atoms with Crippen LogP contribution in [0.1, 0.15) is 39.0 Å². The lowest BCUT2D eigenvalue weighted by atomic mass is 9.66. The number of rotatable bonds is 3. The van der Waals surface area contributed by atoms with Crippen LogP contribution in [0.2, 0.25) is 19.6 Å². The molecule has 2 N–H and O–H groups in total. The van der Waals surface area contributed by atoms with Crippen molar-refractivity contribution in [1.29, 1.82) is 0 Å². The SMILES string of the molecule is C[C@]12CCCC(N)C1CCC2=C=C([Si](C)(C)C)S(=O)(=O)c1ccccc1. The minimum Gasteiger partial charge on any atom is -0.327 e. The molecule has 3 atom stereocenters. The highest BCUT2D eigenvalue weighted by atomic mass is 32.2. The molecule has 0 aliphatic heterocycles. The summed E-state index contributed by atoms with van der Waals surface area (Å²) in [6, 6.07) is 9.04. The Morgan fingerprint density at radius 2 is 1.85 bits per heavy atom. The smallest absolute Gasteiger partial charge is 0.205 e. The maximum atomic E-state index is 13.4. The van der Waals surface area contributed by atoms with E-state index < -0.39 is 17.9 Å². The maximum absolute atomic E-state index is 13.4. The van der Waals surface area contributed by atoms with Gasteiger partial charge < -0.3 is 5.73 Å². The summed E-state index contributed by atoms with van der Waals surface area (Å²) in [4.78, 5) is 0.380. The van der Waals surface area contributed by atoms with Gasteiger partial charge in [0.1, 0.15) is 8.07 Å². The van der Waals surface area contributed by atoms with Gasteiger partial charge in [0.25, 0.3) is 0 Å². The summed E-state index contributed by atoms with van der Waals surface area (Å²) in [5, 5.41) is 0. The Morgan fingerprint density at radius 1 is 1.19 bits per heavy atom. The second-order valence-electron chi connectivity index (χ2n) is 9.12. The van der Waals surface area contributed by atoms with Crippen molar-refractivity contribution in [2.75, 3.05) is 0 Å². The van der Waals surface area contributed by atoms with E-state index >= 15 is 0 Å². The topological polar surface area (TPSA) is 60.2 Å². The van der Waals surface area contributed by atoms with Crippen molar-refractivity contribution in [1.82, 2.24) is 0 Å². The van der Waals surface area contributed by atoms with E-state index in [9.17, 15) is 8.42 Å². The van der Waals surface area contributed by atoms with Crippen LogP contribution in [0.15, 0.2) is 51.1 Å². The van der Waals surface area contributed by atoms with Crippen molar-refractivity contribution in [2.24, 2.45) is 17.1 Å². The van der Waals surface area contributed by atoms with Crippen LogP contribution < -0.4 is 5.73 Å². The summed E-state index contributed by atoms with van der Waals surface area (Å²) in [5.41, 5.74) is 11.1. The average Bonchev–Trinajstić information content (AvgIpc) is 2.90. The molecule has 2 unspecified atom stereocenters. The molecular formula is C21H31NO2SSi. The number of fused-ring (bicyclic) bond motifs is 1. The van der Waals surface area contributed by atoms with Gasteiger partial charge >= 0.3 is 0 Å². The first-order valence-corrected chi connectivity index (χ1v) is 14.6. The van der Waals surface area contributed by atoms with E-state index in [0.717, 1.165) is 32.1 Å². The van der Waals surface area contributed by atoms with E-state index in [2.05, 4.69) is 32.3 Å². The van der Waals surface area contributed by atoms with Gasteiger partial charge in [-0.3, -0.25) is 0 Å². The zero-order chi connectivity index (χ0) is 19.2. The van der Waals surface area contributed by atoms with E-state index in [4.69, 9.17) is 5.73 Å². The lowest BCUT2D eigenvalue weighted by Gasteiger charge is -2.40. The third kappa shape index (κ3) is 3.38. The van der Waals surface area contributed by atoms with Crippen LogP contribution in [0.3, 0.4) is 0 Å². The van der Waals surface area contributed by atoms with Gasteiger partial charge in [-0.05, 0) is 49.3 Å². The fourth-order valence-electron chi connectivity index (χ4n) is 4.77. The fraction of sp³-hybridized carbons (Fsp3) is 0.571. The summed E-state index contributed by atoms with van der Waals surface area (Å²) in [6.45, 7) is 8.57. The standard InChI is InChI=1S/C21H31NO2SSi/c1-21-14-8-11-19(22)18(21)13-12-16(21)15-20(26(2,3)4)25(23,24)17-9-6-5-7-10-17/h5-7,9-10,18-19H,8,11-14,22H2,1-4H3/t15?,18?,19?,21-/m1/s1. The van der Waals surface area contributed by atoms with Crippen molar-refractivity contribution in [3.8, 4) is 0 Å². The molecule has 3 nitrogen and oxygen atoms in total. The molecule has 1 aromatic rings. The van der Waals surface area contributed by atoms with Crippen LogP contribution >= 0.6 is 0 Å². The Balaban J connectivity index is 2.20. The molecule has 2 aliphatic rings. The van der Waals surface area contributed by atoms with Crippen molar-refractivity contribution in [3.05, 3.63) is 46.2 Å². The fourth-order valence-corrected chi connectivity index (χ4v) is 9.89. The predicted molar refractivity (Wildman–Crippen MR) is 110 cm³/mol. The predicted octanol–water partition coefficient (Wildman–Crippen LogP) is 4.67. The first-order valence-electron chi connectivity index (χ1n) is 9.63. The van der Waals surface area contributed by atoms with Crippen LogP contribution in [-0.2, 0) is 9.84 Å². The molecule has 0 heterocycles. The number of hydrogen-bond acceptors (Lipinski definition) is 3. The Bertz CT molecular complexity index is 848. The third-order valence-electron chi connectivity index (χ3n) is 6.23. The van der Waals surface area contributed by atoms with Gasteiger partial charge in [0.2, 0.25) is 9.84 Å². The molecule has 0 amide bonds. The van der Waals surface area contributed by atoms with E-state index in [1.807, 2.05) is 6.07 Å². The first kappa shape index (κ1) is 19.6. The number of hydrogen-bond donors (Lipinski definition) is 1. The molecule has 2 fully saturated rings. The normalized spacial score (nSPS) is 29.2. The lowest BCUT2D eigenvalue weighted by molar-refractivity contribution is 0.161. The summed E-state index contributed by atoms with van der Waals surface area (Å²) in [7, 11) is -5.62. The highest BCUT2D eigenvalue weighted by Gasteiger charge is 2.48. The van der Waals surface area contributed by atoms with Gasteiger partial charge in [-0.1, -0.05) is 51.2 Å². The highest BCUT2D eigenvalue weighted by molar-refractivity contribution is 7.97. The first-order chi connectivity index (χ1) is 12.1. The van der Waals surface area contributed by atoms with E-state index in [-0.39, 0.29) is 11.5 Å². The molecule has 26 heavy (non-hydrogen) atoms. The summed E-state index contributed by atoms with van der Waals surface area (Å²) in [5.74, 6) is 0.459. The maximum Gasteiger partial charge on any atom is 0.205 e. The third-order valence-corrected chi connectivity index (χ3v) is 11.9. The quantitative estimate of drug-likeness (QED) is 0.603. The largest absolute Gasteiger partial charge is 0.327 e. The highest BCUT2D eigenvalue weighted by Crippen LogP contribution is 2.54. The van der Waals surface area contributed by atoms with Crippen LogP contribution in [0.5, 0.6) is 0 Å². The van der Waals surface area contributed by atoms with Crippen LogP contribution in [-0.4, -0.2) is 22.5 Å². The molecule has 2 aliphatic carbocycles. The van der Waals surface area contributed by atoms with Gasteiger partial charge in [0.05, 0.1) is 9.42 Å². The lowest BCUT2D eigenvalue weighted by Crippen LogP contribution is -2.42. The molecule has 0 bridgehead atoms. The summed E-state index contributed by atoms with van der Waals surface area (Å²) < 4.78 is 27.3. The molecular weight excluding hydrogens is 358 g/mol. The molecule has 0 radical (unpaired) electrons. The number of allylic oxidation sites excluding steroid dienone is 1. The molecule has 1 aromatic carbocycles. The molecule has 2 saturated carbocycles. The van der Waals surface area contributed by atoms with Crippen LogP contribution in [0.4, 0.5) is 0 Å². The van der Waals surface area contributed by atoms with Crippen LogP contribution in [0, 0.1) is 11.3 Å². The minimum absolute atomic E-state index is 0.00870. The average molecular weight is 390 g/mol. The van der Waals surface area contributed by atoms with Gasteiger partial charge in [-0.15, -0.1) is 5.73 Å². The van der Waals surface area contributed by atoms with Crippen molar-refractivity contribution < 1.29 is 8.42 Å². The van der Waals surface area contributed by atoms with Crippen LogP contribution in [0.25, 0.3) is 0 Å². The molecule has 0 saturated heterocycles. The van der Waals surface area contributed by atoms with Crippen molar-refractivity contribution in [3.63, 3.8) is 0 Å². The molecule has 5 heteroatoms. The van der Waals surface area contributed by atoms with E-state index in [1.165, 1.54) is 5.57 Å². The number of nitrogens with two attached hydrogens (primary N) is 1. The second-order valence-corrected chi connectivity index (χ2v) is 16.4. The van der Waals surface area contributed by atoms with Gasteiger partial charge in [-0.2, -0.15) is 0 Å². The van der Waals surface area contributed by atoms with Gasteiger partial charge in [0.15, 0.2) is 0 Å². The summed E-state index contributed by atoms with van der Waals surface area (Å²) in [6.07, 6.45) is 5.28. The van der Waals surface area contributed by atoms with Gasteiger partial charge in [-0.25, -0.2) is 8.42 Å². The van der Waals surface area contributed by atoms with E-state index in [1.54, 1.807) is 24.3 Å². The Kier molecular flexibility index (Phi) is 5.13. The minimum atomic E-state index is -3.51. The van der Waals surface area contributed by atoms with Crippen molar-refractivity contribution in [2.45, 2.75) is 69.6 Å². The number of benzene rings is 1. The molecule has 142 valence electrons. The molecule has 0 aromatic heterocycles. The second kappa shape index (κ2) is 6.79. The zero-order valence-corrected chi connectivity index (χ0v) is 18.2. The molecule has 0 spiro atoms. The van der Waals surface area contributed by atoms with E-state index in [0.29, 0.717) is 15.3 Å². The van der Waals surface area contributed by atoms with Crippen molar-refractivity contribution >= 4 is 17.9 Å². The Hall–Kier alpha value is -1.13. The van der Waals surface area contributed by atoms with Gasteiger partial charge in [0, 0.05) is 11.5 Å². The Morgan fingerprint density at radius 3 is 2.46 bits per heavy atom. The summed E-state index contributed by atoms with van der Waals surface area (Å²) >= 11 is 0.